The molecule has 104 valence electrons. The Morgan fingerprint density at radius 3 is 2.37 bits per heavy atom. The molecule has 0 spiro atoms. The van der Waals surface area contributed by atoms with E-state index in [4.69, 9.17) is 9.47 Å². The third kappa shape index (κ3) is 5.69. The average molecular weight is 600 g/mol. The number of halogens is 3. The van der Waals surface area contributed by atoms with E-state index in [1.807, 2.05) is 6.07 Å². The van der Waals surface area contributed by atoms with Crippen LogP contribution >= 0.6 is 67.8 Å². The van der Waals surface area contributed by atoms with Crippen LogP contribution < -0.4 is 0 Å². The van der Waals surface area contributed by atoms with E-state index < -0.39 is 0 Å². The van der Waals surface area contributed by atoms with Crippen molar-refractivity contribution in [1.29, 1.82) is 0 Å². The number of ether oxygens (including phenoxy) is 2. The van der Waals surface area contributed by atoms with Crippen LogP contribution in [-0.4, -0.2) is 25.2 Å². The molecule has 0 saturated heterocycles. The normalized spacial score (nSPS) is 10.1. The van der Waals surface area contributed by atoms with Gasteiger partial charge in [-0.05, 0) is 62.9 Å². The highest BCUT2D eigenvalue weighted by molar-refractivity contribution is 14.1. The van der Waals surface area contributed by atoms with E-state index in [0.29, 0.717) is 5.56 Å². The van der Waals surface area contributed by atoms with E-state index in [2.05, 4.69) is 67.8 Å². The van der Waals surface area contributed by atoms with E-state index >= 15 is 0 Å². The van der Waals surface area contributed by atoms with Crippen LogP contribution in [0.25, 0.3) is 0 Å². The molecule has 0 saturated carbocycles. The highest BCUT2D eigenvalue weighted by Crippen LogP contribution is 2.24. The molecule has 0 bridgehead atoms. The molecule has 0 heterocycles. The van der Waals surface area contributed by atoms with Gasteiger partial charge in [-0.1, -0.05) is 22.6 Å². The Balaban J connectivity index is 2.71. The van der Waals surface area contributed by atoms with Gasteiger partial charge in [-0.3, -0.25) is 4.79 Å². The molecular formula is C12H11I3O4. The van der Waals surface area contributed by atoms with Crippen molar-refractivity contribution in [1.82, 2.24) is 0 Å². The molecule has 0 amide bonds. The van der Waals surface area contributed by atoms with Crippen molar-refractivity contribution < 1.29 is 19.1 Å². The van der Waals surface area contributed by atoms with Crippen molar-refractivity contribution >= 4 is 79.7 Å². The first-order chi connectivity index (χ1) is 8.95. The number of alkyl halides is 1. The SMILES string of the molecule is CC(=O)OCCOC(=O)c1cc(I)cc(CI)c1I. The Kier molecular flexibility index (Phi) is 7.87. The molecule has 0 fully saturated rings. The predicted molar refractivity (Wildman–Crippen MR) is 96.5 cm³/mol. The van der Waals surface area contributed by atoms with E-state index in [9.17, 15) is 9.59 Å². The fraction of sp³-hybridized carbons (Fsp3) is 0.333. The maximum Gasteiger partial charge on any atom is 0.339 e. The summed E-state index contributed by atoms with van der Waals surface area (Å²) >= 11 is 6.58. The van der Waals surface area contributed by atoms with Gasteiger partial charge < -0.3 is 9.47 Å². The lowest BCUT2D eigenvalue weighted by Gasteiger charge is -2.10. The summed E-state index contributed by atoms with van der Waals surface area (Å²) in [7, 11) is 0. The third-order valence-electron chi connectivity index (χ3n) is 2.10. The minimum Gasteiger partial charge on any atom is -0.462 e. The molecule has 0 radical (unpaired) electrons. The van der Waals surface area contributed by atoms with E-state index in [1.165, 1.54) is 6.92 Å². The second kappa shape index (κ2) is 8.60. The fourth-order valence-electron chi connectivity index (χ4n) is 1.29. The van der Waals surface area contributed by atoms with Crippen LogP contribution in [0.15, 0.2) is 12.1 Å². The van der Waals surface area contributed by atoms with Crippen molar-refractivity contribution in [3.63, 3.8) is 0 Å². The largest absolute Gasteiger partial charge is 0.462 e. The molecule has 0 aliphatic carbocycles. The van der Waals surface area contributed by atoms with Crippen LogP contribution in [0, 0.1) is 7.14 Å². The average Bonchev–Trinajstić information content (AvgIpc) is 2.36. The second-order valence-corrected chi connectivity index (χ2v) is 6.62. The summed E-state index contributed by atoms with van der Waals surface area (Å²) < 4.78 is 12.5. The Hall–Kier alpha value is 0.350. The van der Waals surface area contributed by atoms with Crippen molar-refractivity contribution in [2.45, 2.75) is 11.4 Å². The molecule has 0 unspecified atom stereocenters. The van der Waals surface area contributed by atoms with Gasteiger partial charge in [0.2, 0.25) is 0 Å². The number of carbonyl (C=O) groups is 2. The summed E-state index contributed by atoms with van der Waals surface area (Å²) in [6, 6.07) is 3.84. The van der Waals surface area contributed by atoms with Crippen LogP contribution in [0.1, 0.15) is 22.8 Å². The van der Waals surface area contributed by atoms with E-state index in [0.717, 1.165) is 17.1 Å². The highest BCUT2D eigenvalue weighted by Gasteiger charge is 2.15. The first-order valence-corrected chi connectivity index (χ1v) is 8.98. The first kappa shape index (κ1) is 17.4. The minimum atomic E-state index is -0.388. The lowest BCUT2D eigenvalue weighted by atomic mass is 10.1. The molecule has 0 aromatic heterocycles. The smallest absolute Gasteiger partial charge is 0.339 e. The molecule has 4 nitrogen and oxygen atoms in total. The van der Waals surface area contributed by atoms with Crippen LogP contribution in [-0.2, 0) is 18.7 Å². The molecule has 1 aromatic carbocycles. The van der Waals surface area contributed by atoms with Crippen molar-refractivity contribution in [3.8, 4) is 0 Å². The molecule has 7 heteroatoms. The Bertz CT molecular complexity index is 488. The van der Waals surface area contributed by atoms with Gasteiger partial charge in [-0.25, -0.2) is 4.79 Å². The Morgan fingerprint density at radius 1 is 1.16 bits per heavy atom. The van der Waals surface area contributed by atoms with Gasteiger partial charge in [0.05, 0.1) is 5.56 Å². The van der Waals surface area contributed by atoms with Gasteiger partial charge in [0, 0.05) is 18.5 Å². The maximum atomic E-state index is 12.0. The van der Waals surface area contributed by atoms with Gasteiger partial charge in [-0.15, -0.1) is 0 Å². The summed E-state index contributed by atoms with van der Waals surface area (Å²) in [5, 5.41) is 0. The number of benzene rings is 1. The zero-order valence-electron chi connectivity index (χ0n) is 10.0. The molecule has 19 heavy (non-hydrogen) atoms. The predicted octanol–water partition coefficient (Wildman–Crippen LogP) is 3.55. The Morgan fingerprint density at radius 2 is 1.79 bits per heavy atom. The number of esters is 2. The monoisotopic (exact) mass is 600 g/mol. The maximum absolute atomic E-state index is 12.0. The lowest BCUT2D eigenvalue weighted by molar-refractivity contribution is -0.142. The molecule has 0 N–H and O–H groups in total. The van der Waals surface area contributed by atoms with Gasteiger partial charge in [0.15, 0.2) is 0 Å². The third-order valence-corrected chi connectivity index (χ3v) is 4.82. The summed E-state index contributed by atoms with van der Waals surface area (Å²) in [4.78, 5) is 22.5. The van der Waals surface area contributed by atoms with Crippen LogP contribution in [0.2, 0.25) is 0 Å². The van der Waals surface area contributed by atoms with Gasteiger partial charge in [0.25, 0.3) is 0 Å². The zero-order chi connectivity index (χ0) is 14.4. The minimum absolute atomic E-state index is 0.0690. The number of carbonyl (C=O) groups excluding carboxylic acids is 2. The molecule has 0 atom stereocenters. The molecule has 1 aromatic rings. The summed E-state index contributed by atoms with van der Waals surface area (Å²) in [5.41, 5.74) is 1.67. The number of rotatable bonds is 5. The molecule has 0 aliphatic heterocycles. The highest BCUT2D eigenvalue weighted by atomic mass is 127. The summed E-state index contributed by atoms with van der Waals surface area (Å²) in [5.74, 6) is -0.770. The summed E-state index contributed by atoms with van der Waals surface area (Å²) in [6.45, 7) is 1.47. The van der Waals surface area contributed by atoms with Crippen LogP contribution in [0.4, 0.5) is 0 Å². The first-order valence-electron chi connectivity index (χ1n) is 5.30. The van der Waals surface area contributed by atoms with Crippen LogP contribution in [0.5, 0.6) is 0 Å². The number of hydrogen-bond donors (Lipinski definition) is 0. The standard InChI is InChI=1S/C12H11I3O4/c1-7(16)18-2-3-19-12(17)10-5-9(14)4-8(6-13)11(10)15/h4-5H,2-3,6H2,1H3. The van der Waals surface area contributed by atoms with Crippen molar-refractivity contribution in [3.05, 3.63) is 30.4 Å². The Labute approximate surface area is 152 Å². The molecular weight excluding hydrogens is 589 g/mol. The molecule has 1 rings (SSSR count). The van der Waals surface area contributed by atoms with E-state index in [1.54, 1.807) is 6.07 Å². The van der Waals surface area contributed by atoms with Crippen molar-refractivity contribution in [2.24, 2.45) is 0 Å². The fourth-order valence-corrected chi connectivity index (χ4v) is 4.03. The quantitative estimate of drug-likeness (QED) is 0.225. The van der Waals surface area contributed by atoms with Crippen LogP contribution in [0.3, 0.4) is 0 Å². The van der Waals surface area contributed by atoms with E-state index in [-0.39, 0.29) is 25.2 Å². The molecule has 0 aliphatic rings. The summed E-state index contributed by atoms with van der Waals surface area (Å²) in [6.07, 6.45) is 0. The van der Waals surface area contributed by atoms with Gasteiger partial charge in [0.1, 0.15) is 13.2 Å². The zero-order valence-corrected chi connectivity index (χ0v) is 16.5. The van der Waals surface area contributed by atoms with Gasteiger partial charge in [-0.2, -0.15) is 0 Å². The number of hydrogen-bond acceptors (Lipinski definition) is 4. The van der Waals surface area contributed by atoms with Crippen molar-refractivity contribution in [2.75, 3.05) is 13.2 Å². The second-order valence-electron chi connectivity index (χ2n) is 3.54. The topological polar surface area (TPSA) is 52.6 Å². The lowest BCUT2D eigenvalue weighted by Crippen LogP contribution is -2.14. The van der Waals surface area contributed by atoms with Gasteiger partial charge >= 0.3 is 11.9 Å².